The first-order valence-electron chi connectivity index (χ1n) is 5.73. The van der Waals surface area contributed by atoms with Gasteiger partial charge in [-0.1, -0.05) is 20.8 Å². The van der Waals surface area contributed by atoms with Gasteiger partial charge in [0.25, 0.3) is 0 Å². The van der Waals surface area contributed by atoms with Crippen LogP contribution < -0.4 is 5.32 Å². The van der Waals surface area contributed by atoms with Crippen molar-refractivity contribution in [3.63, 3.8) is 0 Å². The van der Waals surface area contributed by atoms with Gasteiger partial charge in [-0.2, -0.15) is 0 Å². The van der Waals surface area contributed by atoms with Gasteiger partial charge in [0, 0.05) is 11.4 Å². The van der Waals surface area contributed by atoms with Crippen molar-refractivity contribution in [3.8, 4) is 0 Å². The van der Waals surface area contributed by atoms with Crippen molar-refractivity contribution in [1.82, 2.24) is 5.32 Å². The lowest BCUT2D eigenvalue weighted by Gasteiger charge is -2.39. The molecule has 15 heavy (non-hydrogen) atoms. The second-order valence-electron chi connectivity index (χ2n) is 6.02. The van der Waals surface area contributed by atoms with Crippen molar-refractivity contribution in [2.45, 2.75) is 46.1 Å². The Bertz CT molecular complexity index is 348. The van der Waals surface area contributed by atoms with Crippen molar-refractivity contribution < 1.29 is 0 Å². The van der Waals surface area contributed by atoms with Crippen molar-refractivity contribution >= 4 is 11.3 Å². The Morgan fingerprint density at radius 2 is 2.20 bits per heavy atom. The highest BCUT2D eigenvalue weighted by Crippen LogP contribution is 2.40. The van der Waals surface area contributed by atoms with Crippen LogP contribution in [-0.4, -0.2) is 6.54 Å². The summed E-state index contributed by atoms with van der Waals surface area (Å²) in [4.78, 5) is 1.56. The first-order valence-corrected chi connectivity index (χ1v) is 6.61. The van der Waals surface area contributed by atoms with Crippen LogP contribution in [0.5, 0.6) is 0 Å². The fourth-order valence-corrected chi connectivity index (χ4v) is 3.87. The van der Waals surface area contributed by atoms with E-state index in [1.54, 1.807) is 10.4 Å². The van der Waals surface area contributed by atoms with E-state index in [1.165, 1.54) is 12.8 Å². The van der Waals surface area contributed by atoms with Gasteiger partial charge in [-0.15, -0.1) is 11.3 Å². The number of hydrogen-bond donors (Lipinski definition) is 1. The summed E-state index contributed by atoms with van der Waals surface area (Å²) in [6, 6.07) is 2.29. The molecule has 84 valence electrons. The van der Waals surface area contributed by atoms with Gasteiger partial charge in [-0.25, -0.2) is 0 Å². The Balaban J connectivity index is 2.31. The van der Waals surface area contributed by atoms with Crippen LogP contribution in [-0.2, 0) is 12.0 Å². The average Bonchev–Trinajstić information content (AvgIpc) is 2.49. The van der Waals surface area contributed by atoms with Crippen LogP contribution in [0.2, 0.25) is 0 Å². The lowest BCUT2D eigenvalue weighted by Crippen LogP contribution is -2.46. The fourth-order valence-electron chi connectivity index (χ4n) is 2.77. The smallest absolute Gasteiger partial charge is 0.0508 e. The Labute approximate surface area is 96.9 Å². The molecule has 1 N–H and O–H groups in total. The molecule has 0 amide bonds. The van der Waals surface area contributed by atoms with Gasteiger partial charge in [0.05, 0.1) is 5.54 Å². The van der Waals surface area contributed by atoms with Gasteiger partial charge in [-0.05, 0) is 42.2 Å². The van der Waals surface area contributed by atoms with Gasteiger partial charge in [-0.3, -0.25) is 0 Å². The summed E-state index contributed by atoms with van der Waals surface area (Å²) in [6.07, 6.45) is 2.39. The summed E-state index contributed by atoms with van der Waals surface area (Å²) >= 11 is 1.91. The largest absolute Gasteiger partial charge is 0.307 e. The zero-order valence-electron chi connectivity index (χ0n) is 10.2. The summed E-state index contributed by atoms with van der Waals surface area (Å²) < 4.78 is 0. The monoisotopic (exact) mass is 223 g/mol. The van der Waals surface area contributed by atoms with Crippen LogP contribution in [0.25, 0.3) is 0 Å². The molecule has 0 saturated carbocycles. The highest BCUT2D eigenvalue weighted by Gasteiger charge is 2.36. The van der Waals surface area contributed by atoms with Crippen molar-refractivity contribution in [1.29, 1.82) is 0 Å². The Morgan fingerprint density at radius 1 is 1.47 bits per heavy atom. The number of fused-ring (bicyclic) bond motifs is 1. The second kappa shape index (κ2) is 3.60. The molecule has 2 heteroatoms. The molecule has 1 unspecified atom stereocenters. The summed E-state index contributed by atoms with van der Waals surface area (Å²) in [5.74, 6) is 0. The molecule has 2 heterocycles. The predicted molar refractivity (Wildman–Crippen MR) is 67.4 cm³/mol. The van der Waals surface area contributed by atoms with Crippen molar-refractivity contribution in [3.05, 3.63) is 21.9 Å². The van der Waals surface area contributed by atoms with E-state index < -0.39 is 0 Å². The van der Waals surface area contributed by atoms with E-state index in [-0.39, 0.29) is 5.54 Å². The first kappa shape index (κ1) is 11.2. The minimum absolute atomic E-state index is 0.194. The van der Waals surface area contributed by atoms with Gasteiger partial charge < -0.3 is 5.32 Å². The zero-order chi connectivity index (χ0) is 11.1. The number of rotatable bonds is 1. The van der Waals surface area contributed by atoms with Gasteiger partial charge in [0.2, 0.25) is 0 Å². The molecule has 0 aromatic carbocycles. The summed E-state index contributed by atoms with van der Waals surface area (Å²) in [5.41, 5.74) is 2.13. The summed E-state index contributed by atoms with van der Waals surface area (Å²) in [6.45, 7) is 10.4. The molecule has 2 rings (SSSR count). The van der Waals surface area contributed by atoms with Crippen LogP contribution >= 0.6 is 11.3 Å². The molecule has 0 aliphatic carbocycles. The van der Waals surface area contributed by atoms with E-state index in [2.05, 4.69) is 44.5 Å². The third-order valence-electron chi connectivity index (χ3n) is 3.04. The zero-order valence-corrected chi connectivity index (χ0v) is 11.0. The molecule has 1 aromatic heterocycles. The molecule has 1 nitrogen and oxygen atoms in total. The standard InChI is InChI=1S/C13H21NS/c1-12(2,3)9-13(4)11-10(5-7-14-13)6-8-15-11/h6,8,14H,5,7,9H2,1-4H3. The van der Waals surface area contributed by atoms with Gasteiger partial charge >= 0.3 is 0 Å². The Hall–Kier alpha value is -0.340. The third kappa shape index (κ3) is 2.26. The third-order valence-corrected chi connectivity index (χ3v) is 4.26. The normalized spacial score (nSPS) is 26.4. The maximum absolute atomic E-state index is 3.70. The minimum Gasteiger partial charge on any atom is -0.307 e. The molecule has 1 atom stereocenters. The molecule has 1 aromatic rings. The molecular weight excluding hydrogens is 202 g/mol. The molecule has 0 fully saturated rings. The van der Waals surface area contributed by atoms with E-state index in [4.69, 9.17) is 0 Å². The van der Waals surface area contributed by atoms with E-state index in [0.717, 1.165) is 6.54 Å². The number of nitrogens with one attached hydrogen (secondary N) is 1. The number of hydrogen-bond acceptors (Lipinski definition) is 2. The Kier molecular flexibility index (Phi) is 2.68. The number of thiophene rings is 1. The van der Waals surface area contributed by atoms with Crippen molar-refractivity contribution in [2.75, 3.05) is 6.54 Å². The first-order chi connectivity index (χ1) is 6.91. The predicted octanol–water partition coefficient (Wildman–Crippen LogP) is 3.55. The topological polar surface area (TPSA) is 12.0 Å². The summed E-state index contributed by atoms with van der Waals surface area (Å²) in [5, 5.41) is 5.94. The minimum atomic E-state index is 0.194. The maximum atomic E-state index is 3.70. The second-order valence-corrected chi connectivity index (χ2v) is 6.94. The molecular formula is C13H21NS. The fraction of sp³-hybridized carbons (Fsp3) is 0.692. The SMILES string of the molecule is CC(C)(C)CC1(C)NCCc2ccsc21. The average molecular weight is 223 g/mol. The van der Waals surface area contributed by atoms with Crippen LogP contribution in [0, 0.1) is 5.41 Å². The quantitative estimate of drug-likeness (QED) is 0.768. The summed E-state index contributed by atoms with van der Waals surface area (Å²) in [7, 11) is 0. The van der Waals surface area contributed by atoms with Gasteiger partial charge in [0.15, 0.2) is 0 Å². The van der Waals surface area contributed by atoms with Crippen molar-refractivity contribution in [2.24, 2.45) is 5.41 Å². The molecule has 0 radical (unpaired) electrons. The lowest BCUT2D eigenvalue weighted by atomic mass is 9.77. The van der Waals surface area contributed by atoms with E-state index in [0.29, 0.717) is 5.41 Å². The highest BCUT2D eigenvalue weighted by molar-refractivity contribution is 7.10. The maximum Gasteiger partial charge on any atom is 0.0508 e. The van der Waals surface area contributed by atoms with Crippen LogP contribution in [0.3, 0.4) is 0 Å². The molecule has 0 saturated heterocycles. The Morgan fingerprint density at radius 3 is 2.87 bits per heavy atom. The molecule has 0 spiro atoms. The van der Waals surface area contributed by atoms with E-state index in [9.17, 15) is 0 Å². The lowest BCUT2D eigenvalue weighted by molar-refractivity contribution is 0.222. The van der Waals surface area contributed by atoms with E-state index in [1.807, 2.05) is 11.3 Å². The van der Waals surface area contributed by atoms with Crippen LogP contribution in [0.4, 0.5) is 0 Å². The van der Waals surface area contributed by atoms with E-state index >= 15 is 0 Å². The molecule has 0 bridgehead atoms. The van der Waals surface area contributed by atoms with Crippen LogP contribution in [0.1, 0.15) is 44.6 Å². The van der Waals surface area contributed by atoms with Crippen LogP contribution in [0.15, 0.2) is 11.4 Å². The molecule has 1 aliphatic heterocycles. The molecule has 1 aliphatic rings. The van der Waals surface area contributed by atoms with Gasteiger partial charge in [0.1, 0.15) is 0 Å². The highest BCUT2D eigenvalue weighted by atomic mass is 32.1.